The number of aromatic nitrogens is 4. The van der Waals surface area contributed by atoms with Gasteiger partial charge in [-0.1, -0.05) is 93.1 Å². The number of aryl methyl sites for hydroxylation is 1. The smallest absolute Gasteiger partial charge is 0.372 e. The van der Waals surface area contributed by atoms with E-state index in [1.807, 2.05) is 53.1 Å². The Morgan fingerprint density at radius 1 is 1.05 bits per heavy atom. The molecule has 2 aromatic carbocycles. The van der Waals surface area contributed by atoms with Crippen molar-refractivity contribution in [3.8, 4) is 22.5 Å². The molecule has 2 aromatic heterocycles. The third-order valence-electron chi connectivity index (χ3n) is 8.00. The van der Waals surface area contributed by atoms with Crippen molar-refractivity contribution in [1.82, 2.24) is 24.6 Å². The minimum Gasteiger partial charge on any atom is -0.372 e. The molecule has 1 aliphatic heterocycles. The number of H-pyrrole nitrogens is 1. The monoisotopic (exact) mass is 615 g/mol. The first-order valence-corrected chi connectivity index (χ1v) is 15.9. The molecular weight excluding hydrogens is 574 g/mol. The Morgan fingerprint density at radius 2 is 1.73 bits per heavy atom. The first kappa shape index (κ1) is 31.5. The lowest BCUT2D eigenvalue weighted by Gasteiger charge is -2.37. The number of thiocarbonyl (C=S) groups is 1. The van der Waals surface area contributed by atoms with Crippen molar-refractivity contribution < 1.29 is 9.26 Å². The highest BCUT2D eigenvalue weighted by molar-refractivity contribution is 7.80. The molecule has 0 saturated carbocycles. The molecule has 1 aliphatic rings. The van der Waals surface area contributed by atoms with Gasteiger partial charge in [-0.25, -0.2) is 9.78 Å². The second kappa shape index (κ2) is 13.8. The summed E-state index contributed by atoms with van der Waals surface area (Å²) in [5.74, 6) is 0.690. The summed E-state index contributed by atoms with van der Waals surface area (Å²) in [6, 6.07) is 15.8. The summed E-state index contributed by atoms with van der Waals surface area (Å²) >= 11 is 5.92. The summed E-state index contributed by atoms with van der Waals surface area (Å²) in [6.45, 7) is 12.3. The van der Waals surface area contributed by atoms with E-state index in [4.69, 9.17) is 26.5 Å². The van der Waals surface area contributed by atoms with Gasteiger partial charge in [0.25, 0.3) is 5.56 Å². The molecule has 3 heterocycles. The molecule has 0 radical (unpaired) electrons. The average Bonchev–Trinajstić information content (AvgIpc) is 3.44. The van der Waals surface area contributed by atoms with E-state index < -0.39 is 5.76 Å². The van der Waals surface area contributed by atoms with Crippen molar-refractivity contribution in [2.75, 3.05) is 13.1 Å². The third-order valence-corrected chi connectivity index (χ3v) is 8.41. The fraction of sp³-hybridized carbons (Fsp3) is 0.441. The fourth-order valence-corrected chi connectivity index (χ4v) is 6.19. The number of benzene rings is 2. The normalized spacial score (nSPS) is 16.9. The maximum atomic E-state index is 14.3. The summed E-state index contributed by atoms with van der Waals surface area (Å²) < 4.78 is 12.5. The highest BCUT2D eigenvalue weighted by Gasteiger charge is 2.27. The molecule has 0 amide bonds. The van der Waals surface area contributed by atoms with Crippen molar-refractivity contribution in [3.05, 3.63) is 92.1 Å². The van der Waals surface area contributed by atoms with Crippen molar-refractivity contribution >= 4 is 17.2 Å². The zero-order valence-electron chi connectivity index (χ0n) is 26.1. The summed E-state index contributed by atoms with van der Waals surface area (Å²) in [5, 5.41) is 3.87. The molecule has 44 heavy (non-hydrogen) atoms. The summed E-state index contributed by atoms with van der Waals surface area (Å²) in [6.07, 6.45) is 3.25. The zero-order valence-corrected chi connectivity index (χ0v) is 26.9. The minimum atomic E-state index is -0.597. The fourth-order valence-electron chi connectivity index (χ4n) is 5.89. The summed E-state index contributed by atoms with van der Waals surface area (Å²) in [7, 11) is 0. The molecule has 1 saturated heterocycles. The van der Waals surface area contributed by atoms with Gasteiger partial charge in [0.15, 0.2) is 5.82 Å². The second-order valence-electron chi connectivity index (χ2n) is 12.0. The van der Waals surface area contributed by atoms with Gasteiger partial charge in [-0.2, -0.15) is 0 Å². The van der Waals surface area contributed by atoms with Gasteiger partial charge in [0.05, 0.1) is 29.4 Å². The van der Waals surface area contributed by atoms with E-state index in [0.29, 0.717) is 24.4 Å². The molecule has 9 nitrogen and oxygen atoms in total. The van der Waals surface area contributed by atoms with Gasteiger partial charge >= 0.3 is 5.76 Å². The first-order valence-electron chi connectivity index (χ1n) is 15.4. The predicted molar refractivity (Wildman–Crippen MR) is 176 cm³/mol. The second-order valence-corrected chi connectivity index (χ2v) is 12.4. The van der Waals surface area contributed by atoms with E-state index in [1.54, 1.807) is 0 Å². The molecule has 0 spiro atoms. The van der Waals surface area contributed by atoms with E-state index in [1.165, 1.54) is 0 Å². The van der Waals surface area contributed by atoms with Crippen LogP contribution >= 0.6 is 12.2 Å². The lowest BCUT2D eigenvalue weighted by Crippen LogP contribution is -2.48. The largest absolute Gasteiger partial charge is 0.439 e. The summed E-state index contributed by atoms with van der Waals surface area (Å²) in [4.78, 5) is 36.6. The Balaban J connectivity index is 1.48. The van der Waals surface area contributed by atoms with Crippen LogP contribution in [0.1, 0.15) is 76.0 Å². The first-order chi connectivity index (χ1) is 21.1. The number of nitrogens with zero attached hydrogens (tertiary/aromatic N) is 4. The quantitative estimate of drug-likeness (QED) is 0.225. The lowest BCUT2D eigenvalue weighted by atomic mass is 9.98. The SMILES string of the molecule is CCCCc1nc(C(C)C)c(CC(=S)N2CC(C)OC(C)C2)c(=O)n1Cc1ccc(-c2ccccc2-c2noc(=O)[nH]2)cc1. The van der Waals surface area contributed by atoms with Crippen LogP contribution in [0.15, 0.2) is 62.6 Å². The number of hydrogen-bond donors (Lipinski definition) is 1. The highest BCUT2D eigenvalue weighted by atomic mass is 32.1. The van der Waals surface area contributed by atoms with Gasteiger partial charge in [0, 0.05) is 37.1 Å². The van der Waals surface area contributed by atoms with Gasteiger partial charge in [-0.3, -0.25) is 18.9 Å². The zero-order chi connectivity index (χ0) is 31.4. The van der Waals surface area contributed by atoms with Crippen molar-refractivity contribution in [2.24, 2.45) is 0 Å². The molecule has 0 bridgehead atoms. The Hall–Kier alpha value is -3.89. The van der Waals surface area contributed by atoms with E-state index in [2.05, 4.69) is 49.7 Å². The van der Waals surface area contributed by atoms with E-state index in [0.717, 1.165) is 71.1 Å². The number of aromatic amines is 1. The molecule has 2 atom stereocenters. The molecule has 2 unspecified atom stereocenters. The predicted octanol–water partition coefficient (Wildman–Crippen LogP) is 5.75. The van der Waals surface area contributed by atoms with Gasteiger partial charge < -0.3 is 9.64 Å². The topological polar surface area (TPSA) is 106 Å². The van der Waals surface area contributed by atoms with Crippen LogP contribution in [0.2, 0.25) is 0 Å². The Kier molecular flexibility index (Phi) is 9.90. The minimum absolute atomic E-state index is 0.0177. The maximum absolute atomic E-state index is 14.3. The Bertz CT molecular complexity index is 1710. The van der Waals surface area contributed by atoms with Crippen LogP contribution in [-0.4, -0.2) is 54.9 Å². The molecule has 232 valence electrons. The maximum Gasteiger partial charge on any atom is 0.439 e. The summed E-state index contributed by atoms with van der Waals surface area (Å²) in [5.41, 5.74) is 5.13. The van der Waals surface area contributed by atoms with Crippen LogP contribution < -0.4 is 11.3 Å². The van der Waals surface area contributed by atoms with Crippen LogP contribution in [0.4, 0.5) is 0 Å². The number of morpholine rings is 1. The number of nitrogens with one attached hydrogen (secondary N) is 1. The van der Waals surface area contributed by atoms with Crippen molar-refractivity contribution in [1.29, 1.82) is 0 Å². The van der Waals surface area contributed by atoms with Gasteiger partial charge in [0.1, 0.15) is 5.82 Å². The van der Waals surface area contributed by atoms with Crippen LogP contribution in [0.3, 0.4) is 0 Å². The molecule has 4 aromatic rings. The van der Waals surface area contributed by atoms with Crippen LogP contribution in [-0.2, 0) is 24.1 Å². The molecule has 1 N–H and O–H groups in total. The third kappa shape index (κ3) is 7.08. The molecule has 0 aliphatic carbocycles. The van der Waals surface area contributed by atoms with Crippen molar-refractivity contribution in [3.63, 3.8) is 0 Å². The standard InChI is InChI=1S/C34H41N5O4S/c1-6-7-12-29-35-31(21(2)3)28(17-30(44)38-18-22(4)42-23(5)19-38)33(40)39(29)20-24-13-15-25(16-14-24)26-10-8-9-11-27(26)32-36-34(41)43-37-32/h8-11,13-16,21-23H,6-7,12,17-20H2,1-5H3,(H,36,37,41). The van der Waals surface area contributed by atoms with E-state index in [9.17, 15) is 9.59 Å². The highest BCUT2D eigenvalue weighted by Crippen LogP contribution is 2.30. The molecular formula is C34H41N5O4S. The number of rotatable bonds is 10. The van der Waals surface area contributed by atoms with Crippen molar-refractivity contribution in [2.45, 2.75) is 85.0 Å². The van der Waals surface area contributed by atoms with Crippen LogP contribution in [0, 0.1) is 0 Å². The van der Waals surface area contributed by atoms with Crippen LogP contribution in [0.25, 0.3) is 22.5 Å². The van der Waals surface area contributed by atoms with Gasteiger partial charge in [-0.15, -0.1) is 0 Å². The van der Waals surface area contributed by atoms with E-state index >= 15 is 0 Å². The van der Waals surface area contributed by atoms with Gasteiger partial charge in [0.2, 0.25) is 0 Å². The molecule has 10 heteroatoms. The van der Waals surface area contributed by atoms with Gasteiger partial charge in [-0.05, 0) is 42.9 Å². The Labute approximate surface area is 263 Å². The number of ether oxygens (including phenoxy) is 1. The Morgan fingerprint density at radius 3 is 2.34 bits per heavy atom. The molecule has 1 fully saturated rings. The molecule has 5 rings (SSSR count). The number of unbranched alkanes of at least 4 members (excludes halogenated alkanes) is 1. The van der Waals surface area contributed by atoms with E-state index in [-0.39, 0.29) is 23.7 Å². The number of hydrogen-bond acceptors (Lipinski definition) is 7. The lowest BCUT2D eigenvalue weighted by molar-refractivity contribution is -0.0477. The average molecular weight is 616 g/mol. The van der Waals surface area contributed by atoms with Crippen LogP contribution in [0.5, 0.6) is 0 Å².